The first-order valence-corrected chi connectivity index (χ1v) is 8.83. The number of nitrogens with zero attached hydrogens (tertiary/aromatic N) is 2. The van der Waals surface area contributed by atoms with Crippen molar-refractivity contribution in [1.29, 1.82) is 0 Å². The summed E-state index contributed by atoms with van der Waals surface area (Å²) in [6.45, 7) is 1.13. The van der Waals surface area contributed by atoms with Crippen LogP contribution in [0.4, 0.5) is 0 Å². The van der Waals surface area contributed by atoms with Crippen molar-refractivity contribution in [2.45, 2.75) is 24.5 Å². The zero-order chi connectivity index (χ0) is 18.3. The predicted molar refractivity (Wildman–Crippen MR) is 94.5 cm³/mol. The van der Waals surface area contributed by atoms with Crippen molar-refractivity contribution in [2.24, 2.45) is 0 Å². The number of rotatable bonds is 2. The Hall–Kier alpha value is -2.60. The number of likely N-dealkylation sites (N-methyl/N-ethyl adjacent to an activating group) is 1. The highest BCUT2D eigenvalue weighted by Crippen LogP contribution is 2.49. The minimum atomic E-state index is -0.575. The number of hydrogen-bond donors (Lipinski definition) is 0. The van der Waals surface area contributed by atoms with Crippen LogP contribution in [0.25, 0.3) is 0 Å². The Bertz CT molecular complexity index is 820. The van der Waals surface area contributed by atoms with Gasteiger partial charge in [0.25, 0.3) is 11.8 Å². The van der Waals surface area contributed by atoms with Crippen molar-refractivity contribution in [1.82, 2.24) is 9.80 Å². The second-order valence-corrected chi connectivity index (χ2v) is 7.08. The predicted octanol–water partition coefficient (Wildman–Crippen LogP) is 2.57. The number of likely N-dealkylation sites (tertiary alicyclic amines) is 1. The molecule has 3 heterocycles. The van der Waals surface area contributed by atoms with Gasteiger partial charge in [0.1, 0.15) is 0 Å². The van der Waals surface area contributed by atoms with E-state index in [1.54, 1.807) is 36.0 Å². The summed E-state index contributed by atoms with van der Waals surface area (Å²) in [4.78, 5) is 28.4. The molecule has 1 aromatic carbocycles. The molecule has 1 saturated heterocycles. The van der Waals surface area contributed by atoms with Crippen LogP contribution in [0.3, 0.4) is 0 Å². The highest BCUT2D eigenvalue weighted by atomic mass is 16.5. The molecule has 2 aliphatic heterocycles. The van der Waals surface area contributed by atoms with E-state index in [-0.39, 0.29) is 11.8 Å². The molecule has 0 N–H and O–H groups in total. The van der Waals surface area contributed by atoms with Gasteiger partial charge in [0.15, 0.2) is 11.9 Å². The van der Waals surface area contributed by atoms with E-state index in [0.29, 0.717) is 31.7 Å². The summed E-state index contributed by atoms with van der Waals surface area (Å²) in [5.74, 6) is 0.204. The molecule has 6 heteroatoms. The fraction of sp³-hybridized carbons (Fsp3) is 0.400. The second kappa shape index (κ2) is 6.29. The van der Waals surface area contributed by atoms with Crippen LogP contribution in [0, 0.1) is 0 Å². The number of piperidine rings is 1. The number of amides is 2. The lowest BCUT2D eigenvalue weighted by Crippen LogP contribution is -2.45. The van der Waals surface area contributed by atoms with Crippen molar-refractivity contribution in [3.63, 3.8) is 0 Å². The largest absolute Gasteiger partial charge is 0.459 e. The van der Waals surface area contributed by atoms with Crippen LogP contribution >= 0.6 is 0 Å². The number of hydrogen-bond acceptors (Lipinski definition) is 4. The average Bonchev–Trinajstić information content (AvgIpc) is 3.29. The molecule has 0 bridgehead atoms. The first-order chi connectivity index (χ1) is 12.5. The number of carbonyl (C=O) groups excluding carboxylic acids is 2. The Morgan fingerprint density at radius 1 is 1.12 bits per heavy atom. The minimum absolute atomic E-state index is 0.0524. The van der Waals surface area contributed by atoms with Crippen molar-refractivity contribution in [3.8, 4) is 0 Å². The van der Waals surface area contributed by atoms with Gasteiger partial charge in [-0.1, -0.05) is 24.3 Å². The summed E-state index contributed by atoms with van der Waals surface area (Å²) in [6.07, 6.45) is 2.25. The van der Waals surface area contributed by atoms with E-state index in [0.717, 1.165) is 11.1 Å². The van der Waals surface area contributed by atoms with Crippen LogP contribution in [-0.2, 0) is 15.1 Å². The van der Waals surface area contributed by atoms with E-state index >= 15 is 0 Å². The average molecular weight is 354 g/mol. The molecule has 4 rings (SSSR count). The van der Waals surface area contributed by atoms with Gasteiger partial charge in [0.2, 0.25) is 0 Å². The molecule has 2 aliphatic rings. The van der Waals surface area contributed by atoms with Crippen LogP contribution in [0.2, 0.25) is 0 Å². The third-order valence-corrected chi connectivity index (χ3v) is 5.33. The van der Waals surface area contributed by atoms with Crippen LogP contribution < -0.4 is 0 Å². The Morgan fingerprint density at radius 3 is 2.50 bits per heavy atom. The Labute approximate surface area is 152 Å². The highest BCUT2D eigenvalue weighted by Gasteiger charge is 2.49. The van der Waals surface area contributed by atoms with Gasteiger partial charge in [0, 0.05) is 27.2 Å². The van der Waals surface area contributed by atoms with Crippen molar-refractivity contribution in [3.05, 3.63) is 59.5 Å². The summed E-state index contributed by atoms with van der Waals surface area (Å²) in [5, 5.41) is 0. The molecule has 2 aromatic rings. The van der Waals surface area contributed by atoms with Crippen LogP contribution in [0.15, 0.2) is 47.1 Å². The van der Waals surface area contributed by atoms with Crippen molar-refractivity contribution < 1.29 is 18.7 Å². The molecule has 1 atom stereocenters. The van der Waals surface area contributed by atoms with Crippen molar-refractivity contribution >= 4 is 11.8 Å². The third-order valence-electron chi connectivity index (χ3n) is 5.33. The molecule has 6 nitrogen and oxygen atoms in total. The van der Waals surface area contributed by atoms with E-state index < -0.39 is 11.7 Å². The van der Waals surface area contributed by atoms with Crippen molar-refractivity contribution in [2.75, 3.05) is 27.2 Å². The number of ether oxygens (including phenoxy) is 1. The maximum atomic E-state index is 12.6. The van der Waals surface area contributed by atoms with E-state index in [1.807, 2.05) is 24.3 Å². The molecule has 26 heavy (non-hydrogen) atoms. The fourth-order valence-corrected chi connectivity index (χ4v) is 3.93. The van der Waals surface area contributed by atoms with Gasteiger partial charge < -0.3 is 19.0 Å². The molecule has 136 valence electrons. The number of furan rings is 1. The first-order valence-electron chi connectivity index (χ1n) is 8.83. The quantitative estimate of drug-likeness (QED) is 0.832. The van der Waals surface area contributed by atoms with Gasteiger partial charge >= 0.3 is 0 Å². The molecule has 1 aromatic heterocycles. The molecule has 0 unspecified atom stereocenters. The van der Waals surface area contributed by atoms with Gasteiger partial charge in [-0.15, -0.1) is 0 Å². The Kier molecular flexibility index (Phi) is 4.07. The number of fused-ring (bicyclic) bond motifs is 2. The smallest absolute Gasteiger partial charge is 0.289 e. The molecule has 0 aliphatic carbocycles. The second-order valence-electron chi connectivity index (χ2n) is 7.08. The first kappa shape index (κ1) is 16.8. The molecule has 0 saturated carbocycles. The lowest BCUT2D eigenvalue weighted by molar-refractivity contribution is -0.157. The minimum Gasteiger partial charge on any atom is -0.459 e. The van der Waals surface area contributed by atoms with Crippen LogP contribution in [0.1, 0.15) is 40.6 Å². The zero-order valence-electron chi connectivity index (χ0n) is 15.0. The van der Waals surface area contributed by atoms with Gasteiger partial charge in [-0.05, 0) is 36.1 Å². The van der Waals surface area contributed by atoms with Gasteiger partial charge in [0.05, 0.1) is 11.9 Å². The highest BCUT2D eigenvalue weighted by molar-refractivity contribution is 5.91. The summed E-state index contributed by atoms with van der Waals surface area (Å²) in [6, 6.07) is 11.3. The van der Waals surface area contributed by atoms with Gasteiger partial charge in [-0.2, -0.15) is 0 Å². The maximum Gasteiger partial charge on any atom is 0.289 e. The van der Waals surface area contributed by atoms with E-state index in [2.05, 4.69) is 0 Å². The molecule has 1 fully saturated rings. The Balaban J connectivity index is 1.57. The Morgan fingerprint density at radius 2 is 1.85 bits per heavy atom. The van der Waals surface area contributed by atoms with Crippen LogP contribution in [0.5, 0.6) is 0 Å². The van der Waals surface area contributed by atoms with Gasteiger partial charge in [-0.3, -0.25) is 9.59 Å². The monoisotopic (exact) mass is 354 g/mol. The standard InChI is InChI=1S/C20H22N2O4/c1-21(2)19(24)17-14-6-3-4-7-15(14)20(26-17)9-11-22(12-10-20)18(23)16-8-5-13-25-16/h3-8,13,17H,9-12H2,1-2H3/t17-/m0/s1. The van der Waals surface area contributed by atoms with E-state index in [9.17, 15) is 9.59 Å². The molecule has 1 spiro atoms. The number of benzene rings is 1. The number of carbonyl (C=O) groups is 2. The summed E-state index contributed by atoms with van der Waals surface area (Å²) < 4.78 is 11.6. The molecular formula is C20H22N2O4. The zero-order valence-corrected chi connectivity index (χ0v) is 15.0. The maximum absolute atomic E-state index is 12.6. The fourth-order valence-electron chi connectivity index (χ4n) is 3.93. The van der Waals surface area contributed by atoms with Crippen LogP contribution in [-0.4, -0.2) is 48.8 Å². The summed E-state index contributed by atoms with van der Waals surface area (Å²) in [7, 11) is 3.48. The summed E-state index contributed by atoms with van der Waals surface area (Å²) >= 11 is 0. The lowest BCUT2D eigenvalue weighted by Gasteiger charge is -2.39. The lowest BCUT2D eigenvalue weighted by atomic mass is 9.83. The van der Waals surface area contributed by atoms with E-state index in [4.69, 9.17) is 9.15 Å². The SMILES string of the molecule is CN(C)C(=O)[C@H]1OC2(CCN(C(=O)c3ccco3)CC2)c2ccccc21. The molecule has 0 radical (unpaired) electrons. The molecular weight excluding hydrogens is 332 g/mol. The summed E-state index contributed by atoms with van der Waals surface area (Å²) in [5.41, 5.74) is 1.51. The molecule has 2 amide bonds. The van der Waals surface area contributed by atoms with E-state index in [1.165, 1.54) is 6.26 Å². The van der Waals surface area contributed by atoms with Gasteiger partial charge in [-0.25, -0.2) is 0 Å². The topological polar surface area (TPSA) is 63.0 Å². The third kappa shape index (κ3) is 2.61. The normalized spacial score (nSPS) is 20.8.